The van der Waals surface area contributed by atoms with E-state index in [-0.39, 0.29) is 24.5 Å². The molecule has 1 aromatic carbocycles. The van der Waals surface area contributed by atoms with E-state index < -0.39 is 0 Å². The number of carbonyl (C=O) groups is 2. The molecule has 7 nitrogen and oxygen atoms in total. The van der Waals surface area contributed by atoms with E-state index in [0.717, 1.165) is 6.54 Å². The molecule has 1 aliphatic rings. The van der Waals surface area contributed by atoms with Crippen molar-refractivity contribution in [3.05, 3.63) is 23.8 Å². The first-order valence-electron chi connectivity index (χ1n) is 8.10. The lowest BCUT2D eigenvalue weighted by Crippen LogP contribution is -2.33. The summed E-state index contributed by atoms with van der Waals surface area (Å²) in [6.07, 6.45) is 0.341. The van der Waals surface area contributed by atoms with Gasteiger partial charge in [0, 0.05) is 45.1 Å². The van der Waals surface area contributed by atoms with Gasteiger partial charge in [-0.15, -0.1) is 0 Å². The fourth-order valence-electron chi connectivity index (χ4n) is 2.27. The Morgan fingerprint density at radius 2 is 1.88 bits per heavy atom. The molecule has 1 aliphatic heterocycles. The number of nitrogens with one attached hydrogen (secondary N) is 2. The molecular formula is C17H24N2O5. The van der Waals surface area contributed by atoms with Gasteiger partial charge < -0.3 is 24.8 Å². The van der Waals surface area contributed by atoms with Crippen molar-refractivity contribution in [3.63, 3.8) is 0 Å². The Hall–Kier alpha value is -2.12. The molecule has 0 spiro atoms. The molecule has 0 saturated heterocycles. The zero-order chi connectivity index (χ0) is 17.2. The number of methoxy groups -OCH3 is 1. The standard InChI is InChI=1S/C17H24N2O5/c1-22-9-8-18-6-7-19-17(21)5-3-14(20)13-2-4-15-16(12-13)24-11-10-23-15/h2,4,12,18H,3,5-11H2,1H3,(H,19,21). The average molecular weight is 336 g/mol. The Kier molecular flexibility index (Phi) is 7.51. The quantitative estimate of drug-likeness (QED) is 0.485. The Bertz CT molecular complexity index is 562. The molecule has 0 atom stereocenters. The summed E-state index contributed by atoms with van der Waals surface area (Å²) in [5.41, 5.74) is 0.535. The molecule has 7 heteroatoms. The summed E-state index contributed by atoms with van der Waals surface area (Å²) in [5.74, 6) is 1.02. The van der Waals surface area contributed by atoms with E-state index in [1.54, 1.807) is 25.3 Å². The van der Waals surface area contributed by atoms with Crippen molar-refractivity contribution in [2.75, 3.05) is 46.6 Å². The van der Waals surface area contributed by atoms with Crippen LogP contribution in [0.25, 0.3) is 0 Å². The van der Waals surface area contributed by atoms with Crippen molar-refractivity contribution in [1.29, 1.82) is 0 Å². The van der Waals surface area contributed by atoms with Gasteiger partial charge in [0.1, 0.15) is 13.2 Å². The highest BCUT2D eigenvalue weighted by molar-refractivity contribution is 5.98. The minimum absolute atomic E-state index is 0.0830. The Balaban J connectivity index is 1.68. The van der Waals surface area contributed by atoms with Crippen LogP contribution in [-0.4, -0.2) is 58.3 Å². The van der Waals surface area contributed by atoms with Crippen LogP contribution >= 0.6 is 0 Å². The van der Waals surface area contributed by atoms with E-state index in [9.17, 15) is 9.59 Å². The molecule has 0 saturated carbocycles. The number of ether oxygens (including phenoxy) is 3. The van der Waals surface area contributed by atoms with Crippen molar-refractivity contribution in [2.45, 2.75) is 12.8 Å². The molecule has 1 aromatic rings. The smallest absolute Gasteiger partial charge is 0.220 e. The van der Waals surface area contributed by atoms with Crippen molar-refractivity contribution >= 4 is 11.7 Å². The minimum Gasteiger partial charge on any atom is -0.486 e. The third-order valence-electron chi connectivity index (χ3n) is 3.55. The number of amides is 1. The second-order valence-electron chi connectivity index (χ2n) is 5.37. The third kappa shape index (κ3) is 5.82. The molecule has 0 radical (unpaired) electrons. The number of carbonyl (C=O) groups excluding carboxylic acids is 2. The van der Waals surface area contributed by atoms with E-state index in [4.69, 9.17) is 14.2 Å². The normalized spacial score (nSPS) is 12.7. The highest BCUT2D eigenvalue weighted by Crippen LogP contribution is 2.31. The maximum Gasteiger partial charge on any atom is 0.220 e. The summed E-state index contributed by atoms with van der Waals surface area (Å²) < 4.78 is 15.8. The van der Waals surface area contributed by atoms with E-state index in [2.05, 4.69) is 10.6 Å². The zero-order valence-electron chi connectivity index (χ0n) is 13.9. The van der Waals surface area contributed by atoms with Crippen LogP contribution < -0.4 is 20.1 Å². The summed E-state index contributed by atoms with van der Waals surface area (Å²) in [5, 5.41) is 5.91. The molecule has 0 unspecified atom stereocenters. The SMILES string of the molecule is COCCNCCNC(=O)CCC(=O)c1ccc2c(c1)OCCO2. The van der Waals surface area contributed by atoms with Crippen molar-refractivity contribution in [3.8, 4) is 11.5 Å². The Labute approximate surface area is 141 Å². The topological polar surface area (TPSA) is 85.9 Å². The fraction of sp³-hybridized carbons (Fsp3) is 0.529. The largest absolute Gasteiger partial charge is 0.486 e. The lowest BCUT2D eigenvalue weighted by molar-refractivity contribution is -0.121. The van der Waals surface area contributed by atoms with Gasteiger partial charge in [-0.3, -0.25) is 9.59 Å². The van der Waals surface area contributed by atoms with Gasteiger partial charge in [0.15, 0.2) is 17.3 Å². The van der Waals surface area contributed by atoms with Gasteiger partial charge in [-0.05, 0) is 18.2 Å². The average Bonchev–Trinajstić information content (AvgIpc) is 2.62. The van der Waals surface area contributed by atoms with E-state index in [0.29, 0.717) is 50.0 Å². The zero-order valence-corrected chi connectivity index (χ0v) is 13.9. The number of Topliss-reactive ketones (excluding diaryl/α,β-unsaturated/α-hetero) is 1. The Morgan fingerprint density at radius 1 is 1.08 bits per heavy atom. The van der Waals surface area contributed by atoms with Gasteiger partial charge in [-0.2, -0.15) is 0 Å². The van der Waals surface area contributed by atoms with Crippen LogP contribution in [0.15, 0.2) is 18.2 Å². The van der Waals surface area contributed by atoms with Crippen LogP contribution in [0, 0.1) is 0 Å². The van der Waals surface area contributed by atoms with Crippen molar-refractivity contribution < 1.29 is 23.8 Å². The Morgan fingerprint density at radius 3 is 2.67 bits per heavy atom. The fourth-order valence-corrected chi connectivity index (χ4v) is 2.27. The summed E-state index contributed by atoms with van der Waals surface area (Å²) in [4.78, 5) is 23.9. The first-order valence-corrected chi connectivity index (χ1v) is 8.10. The molecule has 2 rings (SSSR count). The minimum atomic E-state index is -0.130. The first-order chi connectivity index (χ1) is 11.7. The van der Waals surface area contributed by atoms with Gasteiger partial charge in [0.05, 0.1) is 6.61 Å². The van der Waals surface area contributed by atoms with Crippen LogP contribution in [0.4, 0.5) is 0 Å². The molecule has 0 aromatic heterocycles. The van der Waals surface area contributed by atoms with E-state index in [1.165, 1.54) is 0 Å². The second kappa shape index (κ2) is 9.89. The summed E-state index contributed by atoms with van der Waals surface area (Å²) in [6, 6.07) is 5.11. The second-order valence-corrected chi connectivity index (χ2v) is 5.37. The molecule has 24 heavy (non-hydrogen) atoms. The number of ketones is 1. The molecule has 2 N–H and O–H groups in total. The molecule has 1 heterocycles. The molecular weight excluding hydrogens is 312 g/mol. The maximum atomic E-state index is 12.2. The van der Waals surface area contributed by atoms with Gasteiger partial charge in [-0.1, -0.05) is 0 Å². The van der Waals surface area contributed by atoms with Crippen LogP contribution in [-0.2, 0) is 9.53 Å². The van der Waals surface area contributed by atoms with Gasteiger partial charge in [-0.25, -0.2) is 0 Å². The predicted octanol–water partition coefficient (Wildman–Crippen LogP) is 0.773. The monoisotopic (exact) mass is 336 g/mol. The van der Waals surface area contributed by atoms with Crippen LogP contribution in [0.1, 0.15) is 23.2 Å². The highest BCUT2D eigenvalue weighted by Gasteiger charge is 2.15. The van der Waals surface area contributed by atoms with E-state index >= 15 is 0 Å². The highest BCUT2D eigenvalue weighted by atomic mass is 16.6. The van der Waals surface area contributed by atoms with E-state index in [1.807, 2.05) is 0 Å². The molecule has 1 amide bonds. The van der Waals surface area contributed by atoms with Gasteiger partial charge >= 0.3 is 0 Å². The predicted molar refractivity (Wildman–Crippen MR) is 88.8 cm³/mol. The van der Waals surface area contributed by atoms with Crippen molar-refractivity contribution in [2.24, 2.45) is 0 Å². The van der Waals surface area contributed by atoms with Gasteiger partial charge in [0.25, 0.3) is 0 Å². The molecule has 132 valence electrons. The van der Waals surface area contributed by atoms with Crippen LogP contribution in [0.2, 0.25) is 0 Å². The number of hydrogen-bond acceptors (Lipinski definition) is 6. The lowest BCUT2D eigenvalue weighted by Gasteiger charge is -2.18. The lowest BCUT2D eigenvalue weighted by atomic mass is 10.1. The number of rotatable bonds is 10. The third-order valence-corrected chi connectivity index (χ3v) is 3.55. The molecule has 0 fully saturated rings. The van der Waals surface area contributed by atoms with Gasteiger partial charge in [0.2, 0.25) is 5.91 Å². The number of benzene rings is 1. The van der Waals surface area contributed by atoms with Crippen molar-refractivity contribution in [1.82, 2.24) is 10.6 Å². The molecule has 0 bridgehead atoms. The van der Waals surface area contributed by atoms with Crippen LogP contribution in [0.3, 0.4) is 0 Å². The number of hydrogen-bond donors (Lipinski definition) is 2. The maximum absolute atomic E-state index is 12.2. The van der Waals surface area contributed by atoms with Crippen LogP contribution in [0.5, 0.6) is 11.5 Å². The molecule has 0 aliphatic carbocycles. The summed E-state index contributed by atoms with van der Waals surface area (Å²) >= 11 is 0. The summed E-state index contributed by atoms with van der Waals surface area (Å²) in [6.45, 7) is 3.57. The number of fused-ring (bicyclic) bond motifs is 1. The first kappa shape index (κ1) is 18.2. The summed E-state index contributed by atoms with van der Waals surface area (Å²) in [7, 11) is 1.64.